The van der Waals surface area contributed by atoms with Gasteiger partial charge in [-0.2, -0.15) is 0 Å². The van der Waals surface area contributed by atoms with Crippen molar-refractivity contribution in [1.29, 1.82) is 0 Å². The lowest BCUT2D eigenvalue weighted by atomic mass is 10.1. The Balaban J connectivity index is 1.97. The van der Waals surface area contributed by atoms with E-state index in [1.807, 2.05) is 11.9 Å². The van der Waals surface area contributed by atoms with Crippen LogP contribution in [0.2, 0.25) is 0 Å². The molecule has 1 fully saturated rings. The van der Waals surface area contributed by atoms with Crippen LogP contribution in [0.3, 0.4) is 0 Å². The molecule has 0 unspecified atom stereocenters. The van der Waals surface area contributed by atoms with Gasteiger partial charge in [0.25, 0.3) is 10.0 Å². The van der Waals surface area contributed by atoms with Crippen LogP contribution >= 0.6 is 0 Å². The van der Waals surface area contributed by atoms with Crippen LogP contribution in [0.4, 0.5) is 15.8 Å². The highest BCUT2D eigenvalue weighted by atomic mass is 32.2. The predicted molar refractivity (Wildman–Crippen MR) is 100 cm³/mol. The second kappa shape index (κ2) is 7.53. The Bertz CT molecular complexity index is 940. The smallest absolute Gasteiger partial charge is 0.335 e. The maximum Gasteiger partial charge on any atom is 0.335 e. The van der Waals surface area contributed by atoms with Crippen molar-refractivity contribution in [3.63, 3.8) is 0 Å². The molecule has 1 aliphatic rings. The van der Waals surface area contributed by atoms with E-state index < -0.39 is 21.8 Å². The SMILES string of the molecule is CN1CCN(c2ccc(C(=O)O)cc2NS(=O)(=O)c2ccc(F)cc2)CC1. The Labute approximate surface area is 157 Å². The predicted octanol–water partition coefficient (Wildman–Crippen LogP) is 2.08. The molecule has 2 aromatic carbocycles. The minimum absolute atomic E-state index is 0.0234. The third kappa shape index (κ3) is 4.37. The Hall–Kier alpha value is -2.65. The van der Waals surface area contributed by atoms with E-state index in [2.05, 4.69) is 9.62 Å². The molecule has 27 heavy (non-hydrogen) atoms. The first-order valence-corrected chi connectivity index (χ1v) is 9.84. The molecule has 0 aromatic heterocycles. The minimum atomic E-state index is -3.99. The molecule has 0 atom stereocenters. The summed E-state index contributed by atoms with van der Waals surface area (Å²) in [5, 5.41) is 9.25. The largest absolute Gasteiger partial charge is 0.478 e. The van der Waals surface area contributed by atoms with Crippen LogP contribution in [0.1, 0.15) is 10.4 Å². The topological polar surface area (TPSA) is 89.9 Å². The molecule has 0 spiro atoms. The number of hydrogen-bond acceptors (Lipinski definition) is 5. The van der Waals surface area contributed by atoms with Crippen molar-refractivity contribution in [2.45, 2.75) is 4.90 Å². The number of aromatic carboxylic acids is 1. The zero-order chi connectivity index (χ0) is 19.6. The molecule has 0 bridgehead atoms. The molecule has 0 amide bonds. The van der Waals surface area contributed by atoms with Crippen LogP contribution in [0.5, 0.6) is 0 Å². The van der Waals surface area contributed by atoms with E-state index in [-0.39, 0.29) is 16.1 Å². The van der Waals surface area contributed by atoms with Crippen LogP contribution in [0, 0.1) is 5.82 Å². The molecule has 1 saturated heterocycles. The highest BCUT2D eigenvalue weighted by Gasteiger charge is 2.22. The van der Waals surface area contributed by atoms with Gasteiger partial charge in [0, 0.05) is 26.2 Å². The van der Waals surface area contributed by atoms with Crippen molar-refractivity contribution in [2.24, 2.45) is 0 Å². The van der Waals surface area contributed by atoms with Crippen LogP contribution in [-0.4, -0.2) is 57.6 Å². The molecule has 2 N–H and O–H groups in total. The fourth-order valence-electron chi connectivity index (χ4n) is 2.89. The van der Waals surface area contributed by atoms with Crippen molar-refractivity contribution < 1.29 is 22.7 Å². The Morgan fingerprint density at radius 3 is 2.30 bits per heavy atom. The van der Waals surface area contributed by atoms with E-state index in [0.717, 1.165) is 37.4 Å². The summed E-state index contributed by atoms with van der Waals surface area (Å²) in [6, 6.07) is 8.80. The number of benzene rings is 2. The summed E-state index contributed by atoms with van der Waals surface area (Å²) in [5.41, 5.74) is 0.771. The average Bonchev–Trinajstić information content (AvgIpc) is 2.62. The lowest BCUT2D eigenvalue weighted by Gasteiger charge is -2.35. The van der Waals surface area contributed by atoms with Crippen molar-refractivity contribution >= 4 is 27.4 Å². The summed E-state index contributed by atoms with van der Waals surface area (Å²) in [7, 11) is -1.99. The van der Waals surface area contributed by atoms with Crippen LogP contribution < -0.4 is 9.62 Å². The van der Waals surface area contributed by atoms with Gasteiger partial charge in [-0.15, -0.1) is 0 Å². The molecule has 7 nitrogen and oxygen atoms in total. The second-order valence-electron chi connectivity index (χ2n) is 6.39. The molecule has 0 aliphatic carbocycles. The summed E-state index contributed by atoms with van der Waals surface area (Å²) < 4.78 is 40.9. The third-order valence-corrected chi connectivity index (χ3v) is 5.84. The normalized spacial score (nSPS) is 15.6. The number of carboxylic acid groups (broad SMARTS) is 1. The molecule has 0 radical (unpaired) electrons. The number of anilines is 2. The number of sulfonamides is 1. The molecule has 1 aliphatic heterocycles. The molecular formula is C18H20FN3O4S. The van der Waals surface area contributed by atoms with Gasteiger partial charge in [0.15, 0.2) is 0 Å². The van der Waals surface area contributed by atoms with Crippen molar-refractivity contribution in [3.8, 4) is 0 Å². The summed E-state index contributed by atoms with van der Waals surface area (Å²) in [6.45, 7) is 3.00. The monoisotopic (exact) mass is 393 g/mol. The minimum Gasteiger partial charge on any atom is -0.478 e. The second-order valence-corrected chi connectivity index (χ2v) is 8.07. The van der Waals surface area contributed by atoms with Crippen molar-refractivity contribution in [1.82, 2.24) is 4.90 Å². The van der Waals surface area contributed by atoms with Crippen molar-refractivity contribution in [2.75, 3.05) is 42.8 Å². The first kappa shape index (κ1) is 19.1. The molecule has 9 heteroatoms. The van der Waals surface area contributed by atoms with Crippen LogP contribution in [0.25, 0.3) is 0 Å². The number of hydrogen-bond donors (Lipinski definition) is 2. The number of nitrogens with zero attached hydrogens (tertiary/aromatic N) is 2. The van der Waals surface area contributed by atoms with Gasteiger partial charge in [0.2, 0.25) is 0 Å². The Kier molecular flexibility index (Phi) is 5.33. The fraction of sp³-hybridized carbons (Fsp3) is 0.278. The van der Waals surface area contributed by atoms with Crippen LogP contribution in [-0.2, 0) is 10.0 Å². The molecule has 2 aromatic rings. The molecule has 0 saturated carbocycles. The Morgan fingerprint density at radius 2 is 1.70 bits per heavy atom. The van der Waals surface area contributed by atoms with E-state index in [0.29, 0.717) is 18.8 Å². The van der Waals surface area contributed by atoms with Gasteiger partial charge in [-0.3, -0.25) is 4.72 Å². The van der Waals surface area contributed by atoms with Gasteiger partial charge in [0.1, 0.15) is 5.82 Å². The van der Waals surface area contributed by atoms with Gasteiger partial charge >= 0.3 is 5.97 Å². The van der Waals surface area contributed by atoms with Crippen LogP contribution in [0.15, 0.2) is 47.4 Å². The molecular weight excluding hydrogens is 373 g/mol. The van der Waals surface area contributed by atoms with Gasteiger partial charge in [-0.1, -0.05) is 0 Å². The number of likely N-dealkylation sites (N-methyl/N-ethyl adjacent to an activating group) is 1. The fourth-order valence-corrected chi connectivity index (χ4v) is 3.96. The lowest BCUT2D eigenvalue weighted by molar-refractivity contribution is 0.0697. The highest BCUT2D eigenvalue weighted by Crippen LogP contribution is 2.30. The number of halogens is 1. The van der Waals surface area contributed by atoms with E-state index >= 15 is 0 Å². The van der Waals surface area contributed by atoms with Gasteiger partial charge in [0.05, 0.1) is 21.8 Å². The third-order valence-electron chi connectivity index (χ3n) is 4.46. The van der Waals surface area contributed by atoms with Gasteiger partial charge < -0.3 is 14.9 Å². The molecule has 3 rings (SSSR count). The number of piperazine rings is 1. The molecule has 144 valence electrons. The number of carboxylic acids is 1. The lowest BCUT2D eigenvalue weighted by Crippen LogP contribution is -2.44. The summed E-state index contributed by atoms with van der Waals surface area (Å²) >= 11 is 0. The number of rotatable bonds is 5. The van der Waals surface area contributed by atoms with Gasteiger partial charge in [-0.05, 0) is 49.5 Å². The summed E-state index contributed by atoms with van der Waals surface area (Å²) in [6.07, 6.45) is 0. The number of nitrogens with one attached hydrogen (secondary N) is 1. The first-order chi connectivity index (χ1) is 12.8. The van der Waals surface area contributed by atoms with Crippen molar-refractivity contribution in [3.05, 3.63) is 53.8 Å². The van der Waals surface area contributed by atoms with E-state index in [1.165, 1.54) is 12.1 Å². The van der Waals surface area contributed by atoms with E-state index in [4.69, 9.17) is 0 Å². The van der Waals surface area contributed by atoms with E-state index in [1.54, 1.807) is 6.07 Å². The van der Waals surface area contributed by atoms with Gasteiger partial charge in [-0.25, -0.2) is 17.6 Å². The van der Waals surface area contributed by atoms with E-state index in [9.17, 15) is 22.7 Å². The standard InChI is InChI=1S/C18H20FN3O4S/c1-21-8-10-22(11-9-21)17-7-2-13(18(23)24)12-16(17)20-27(25,26)15-5-3-14(19)4-6-15/h2-7,12,20H,8-11H2,1H3,(H,23,24). The zero-order valence-electron chi connectivity index (χ0n) is 14.7. The Morgan fingerprint density at radius 1 is 1.07 bits per heavy atom. The summed E-state index contributed by atoms with van der Waals surface area (Å²) in [4.78, 5) is 15.4. The summed E-state index contributed by atoms with van der Waals surface area (Å²) in [5.74, 6) is -1.69. The number of carbonyl (C=O) groups is 1. The quantitative estimate of drug-likeness (QED) is 0.808. The maximum atomic E-state index is 13.1. The molecule has 1 heterocycles. The zero-order valence-corrected chi connectivity index (χ0v) is 15.5. The maximum absolute atomic E-state index is 13.1. The average molecular weight is 393 g/mol. The highest BCUT2D eigenvalue weighted by molar-refractivity contribution is 7.92. The first-order valence-electron chi connectivity index (χ1n) is 8.35.